The number of nitriles is 1. The lowest BCUT2D eigenvalue weighted by Gasteiger charge is -2.32. The normalized spacial score (nSPS) is 21.8. The SMILES string of the molecule is N#CCCCC(=O)N[C@H]1CC[C@H](CCN2CC=C(c3cc(C(F)(F)F)ccc3F)CC2)CC1. The average Bonchev–Trinajstić information content (AvgIpc) is 2.79. The number of nitrogens with one attached hydrogen (secondary N) is 1. The standard InChI is InChI=1S/C25H31F4N3O/c26-23-9-6-20(25(27,28)29)17-22(23)19-11-15-32(16-12-19)14-10-18-4-7-21(8-5-18)31-24(33)3-1-2-13-30/h6,9,11,17-18,21H,1-5,7-8,10,12,14-16H2,(H,31,33)/t18-,21-. The zero-order chi connectivity index (χ0) is 23.8. The van der Waals surface area contributed by atoms with E-state index in [1.54, 1.807) is 0 Å². The third kappa shape index (κ3) is 7.56. The number of halogens is 4. The van der Waals surface area contributed by atoms with Gasteiger partial charge in [-0.05, 0) is 81.2 Å². The number of amides is 1. The average molecular weight is 466 g/mol. The van der Waals surface area contributed by atoms with Crippen molar-refractivity contribution in [3.05, 3.63) is 41.2 Å². The maximum atomic E-state index is 14.2. The fraction of sp³-hybridized carbons (Fsp3) is 0.600. The van der Waals surface area contributed by atoms with E-state index in [-0.39, 0.29) is 17.5 Å². The topological polar surface area (TPSA) is 56.1 Å². The maximum Gasteiger partial charge on any atom is 0.416 e. The predicted molar refractivity (Wildman–Crippen MR) is 118 cm³/mol. The largest absolute Gasteiger partial charge is 0.416 e. The first-order chi connectivity index (χ1) is 15.8. The van der Waals surface area contributed by atoms with Gasteiger partial charge < -0.3 is 5.32 Å². The lowest BCUT2D eigenvalue weighted by atomic mass is 9.84. The summed E-state index contributed by atoms with van der Waals surface area (Å²) in [4.78, 5) is 14.2. The number of benzene rings is 1. The van der Waals surface area contributed by atoms with Crippen LogP contribution in [0.4, 0.5) is 17.6 Å². The Morgan fingerprint density at radius 2 is 1.97 bits per heavy atom. The van der Waals surface area contributed by atoms with Crippen molar-refractivity contribution in [1.29, 1.82) is 5.26 Å². The molecule has 2 aliphatic rings. The fourth-order valence-corrected chi connectivity index (χ4v) is 4.70. The third-order valence-corrected chi connectivity index (χ3v) is 6.69. The molecule has 1 aliphatic carbocycles. The highest BCUT2D eigenvalue weighted by Crippen LogP contribution is 2.34. The van der Waals surface area contributed by atoms with Crippen LogP contribution in [-0.4, -0.2) is 36.5 Å². The second-order valence-electron chi connectivity index (χ2n) is 9.06. The van der Waals surface area contributed by atoms with Gasteiger partial charge in [-0.15, -0.1) is 0 Å². The van der Waals surface area contributed by atoms with Crippen LogP contribution in [0.3, 0.4) is 0 Å². The van der Waals surface area contributed by atoms with E-state index in [9.17, 15) is 22.4 Å². The van der Waals surface area contributed by atoms with E-state index in [0.717, 1.165) is 56.8 Å². The van der Waals surface area contributed by atoms with Crippen molar-refractivity contribution < 1.29 is 22.4 Å². The smallest absolute Gasteiger partial charge is 0.353 e. The van der Waals surface area contributed by atoms with Crippen LogP contribution >= 0.6 is 0 Å². The minimum atomic E-state index is -4.48. The quantitative estimate of drug-likeness (QED) is 0.396. The zero-order valence-electron chi connectivity index (χ0n) is 18.8. The summed E-state index contributed by atoms with van der Waals surface area (Å²) in [6, 6.07) is 4.86. The van der Waals surface area contributed by atoms with E-state index in [1.807, 2.05) is 12.1 Å². The van der Waals surface area contributed by atoms with Crippen molar-refractivity contribution >= 4 is 11.5 Å². The van der Waals surface area contributed by atoms with E-state index in [0.29, 0.717) is 50.3 Å². The van der Waals surface area contributed by atoms with Crippen molar-refractivity contribution in [2.24, 2.45) is 5.92 Å². The van der Waals surface area contributed by atoms with Crippen molar-refractivity contribution in [3.8, 4) is 6.07 Å². The Bertz CT molecular complexity index is 883. The number of hydrogen-bond donors (Lipinski definition) is 1. The molecule has 33 heavy (non-hydrogen) atoms. The summed E-state index contributed by atoms with van der Waals surface area (Å²) in [5.74, 6) is 0.0152. The van der Waals surface area contributed by atoms with Crippen molar-refractivity contribution in [1.82, 2.24) is 10.2 Å². The molecule has 0 aromatic heterocycles. The fourth-order valence-electron chi connectivity index (χ4n) is 4.70. The van der Waals surface area contributed by atoms with Gasteiger partial charge in [-0.2, -0.15) is 18.4 Å². The second kappa shape index (κ2) is 11.6. The lowest BCUT2D eigenvalue weighted by Crippen LogP contribution is -2.38. The zero-order valence-corrected chi connectivity index (χ0v) is 18.8. The highest BCUT2D eigenvalue weighted by atomic mass is 19.4. The second-order valence-corrected chi connectivity index (χ2v) is 9.06. The Morgan fingerprint density at radius 3 is 2.61 bits per heavy atom. The number of rotatable bonds is 8. The van der Waals surface area contributed by atoms with E-state index in [2.05, 4.69) is 10.2 Å². The molecule has 4 nitrogen and oxygen atoms in total. The Morgan fingerprint density at radius 1 is 1.21 bits per heavy atom. The summed E-state index contributed by atoms with van der Waals surface area (Å²) in [5.41, 5.74) is -0.130. The van der Waals surface area contributed by atoms with Gasteiger partial charge in [-0.1, -0.05) is 6.08 Å². The number of alkyl halides is 3. The molecule has 1 fully saturated rings. The number of hydrogen-bond acceptors (Lipinski definition) is 3. The summed E-state index contributed by atoms with van der Waals surface area (Å²) < 4.78 is 53.1. The number of carbonyl (C=O) groups excluding carboxylic acids is 1. The molecule has 0 spiro atoms. The first-order valence-corrected chi connectivity index (χ1v) is 11.7. The summed E-state index contributed by atoms with van der Waals surface area (Å²) in [6.45, 7) is 2.22. The van der Waals surface area contributed by atoms with Crippen LogP contribution in [0, 0.1) is 23.1 Å². The van der Waals surface area contributed by atoms with E-state index < -0.39 is 17.6 Å². The number of carbonyl (C=O) groups is 1. The summed E-state index contributed by atoms with van der Waals surface area (Å²) in [5, 5.41) is 11.6. The Kier molecular flexibility index (Phi) is 8.90. The van der Waals surface area contributed by atoms with Crippen LogP contribution in [-0.2, 0) is 11.0 Å². The monoisotopic (exact) mass is 465 g/mol. The molecular formula is C25H31F4N3O. The van der Waals surface area contributed by atoms with Crippen LogP contribution in [0.15, 0.2) is 24.3 Å². The highest BCUT2D eigenvalue weighted by molar-refractivity contribution is 5.76. The molecule has 1 saturated carbocycles. The molecule has 1 N–H and O–H groups in total. The van der Waals surface area contributed by atoms with Gasteiger partial charge >= 0.3 is 6.18 Å². The molecule has 0 saturated heterocycles. The Balaban J connectivity index is 1.41. The molecule has 0 radical (unpaired) electrons. The molecule has 1 aromatic carbocycles. The van der Waals surface area contributed by atoms with Crippen LogP contribution in [0.1, 0.15) is 68.9 Å². The summed E-state index contributed by atoms with van der Waals surface area (Å²) in [7, 11) is 0. The Labute approximate surface area is 192 Å². The van der Waals surface area contributed by atoms with E-state index >= 15 is 0 Å². The van der Waals surface area contributed by atoms with Crippen LogP contribution in [0.25, 0.3) is 5.57 Å². The van der Waals surface area contributed by atoms with Crippen molar-refractivity contribution in [2.45, 2.75) is 70.0 Å². The molecular weight excluding hydrogens is 434 g/mol. The molecule has 1 heterocycles. The molecule has 0 bridgehead atoms. The van der Waals surface area contributed by atoms with Gasteiger partial charge in [0.05, 0.1) is 11.6 Å². The minimum absolute atomic E-state index is 0.0295. The van der Waals surface area contributed by atoms with Gasteiger partial charge in [0.2, 0.25) is 5.91 Å². The maximum absolute atomic E-state index is 14.2. The van der Waals surface area contributed by atoms with E-state index in [4.69, 9.17) is 5.26 Å². The molecule has 0 atom stereocenters. The van der Waals surface area contributed by atoms with Gasteiger partial charge in [0, 0.05) is 37.5 Å². The molecule has 1 amide bonds. The highest BCUT2D eigenvalue weighted by Gasteiger charge is 2.31. The van der Waals surface area contributed by atoms with E-state index in [1.165, 1.54) is 0 Å². The third-order valence-electron chi connectivity index (χ3n) is 6.69. The van der Waals surface area contributed by atoms with Gasteiger partial charge in [0.1, 0.15) is 5.82 Å². The minimum Gasteiger partial charge on any atom is -0.353 e. The molecule has 3 rings (SSSR count). The van der Waals surface area contributed by atoms with Gasteiger partial charge in [-0.25, -0.2) is 4.39 Å². The molecule has 8 heteroatoms. The molecule has 1 aliphatic heterocycles. The summed E-state index contributed by atoms with van der Waals surface area (Å²) in [6.07, 6.45) is 4.41. The van der Waals surface area contributed by atoms with Crippen molar-refractivity contribution in [2.75, 3.05) is 19.6 Å². The van der Waals surface area contributed by atoms with Gasteiger partial charge in [0.15, 0.2) is 0 Å². The van der Waals surface area contributed by atoms with Crippen molar-refractivity contribution in [3.63, 3.8) is 0 Å². The number of nitrogens with zero attached hydrogens (tertiary/aromatic N) is 2. The molecule has 1 aromatic rings. The first-order valence-electron chi connectivity index (χ1n) is 11.7. The Hall–Kier alpha value is -2.40. The molecule has 0 unspecified atom stereocenters. The first kappa shape index (κ1) is 25.2. The lowest BCUT2D eigenvalue weighted by molar-refractivity contribution is -0.137. The predicted octanol–water partition coefficient (Wildman–Crippen LogP) is 5.69. The number of unbranched alkanes of at least 4 members (excludes halogenated alkanes) is 1. The van der Waals surface area contributed by atoms with Crippen LogP contribution < -0.4 is 5.32 Å². The van der Waals surface area contributed by atoms with Gasteiger partial charge in [0.25, 0.3) is 0 Å². The van der Waals surface area contributed by atoms with Gasteiger partial charge in [-0.3, -0.25) is 9.69 Å². The van der Waals surface area contributed by atoms with Crippen LogP contribution in [0.2, 0.25) is 0 Å². The summed E-state index contributed by atoms with van der Waals surface area (Å²) >= 11 is 0. The van der Waals surface area contributed by atoms with Crippen LogP contribution in [0.5, 0.6) is 0 Å². The molecule has 180 valence electrons.